The van der Waals surface area contributed by atoms with E-state index in [1.54, 1.807) is 0 Å². The molecule has 1 unspecified atom stereocenters. The van der Waals surface area contributed by atoms with Crippen LogP contribution in [0, 0.1) is 5.41 Å². The van der Waals surface area contributed by atoms with Crippen molar-refractivity contribution in [2.75, 3.05) is 20.6 Å². The Balaban J connectivity index is 2.51. The van der Waals surface area contributed by atoms with E-state index in [2.05, 4.69) is 68.4 Å². The molecule has 0 saturated heterocycles. The van der Waals surface area contributed by atoms with Crippen LogP contribution in [0.2, 0.25) is 0 Å². The molecule has 1 aromatic carbocycles. The molecule has 0 spiro atoms. The summed E-state index contributed by atoms with van der Waals surface area (Å²) in [5.74, 6) is 0. The van der Waals surface area contributed by atoms with E-state index in [4.69, 9.17) is 0 Å². The lowest BCUT2D eigenvalue weighted by molar-refractivity contribution is 0.198. The lowest BCUT2D eigenvalue weighted by Crippen LogP contribution is -2.45. The van der Waals surface area contributed by atoms with Crippen molar-refractivity contribution >= 4 is 0 Å². The second-order valence-corrected chi connectivity index (χ2v) is 5.89. The molecule has 2 heteroatoms. The zero-order chi connectivity index (χ0) is 12.9. The Bertz CT molecular complexity index is 313. The van der Waals surface area contributed by atoms with Crippen molar-refractivity contribution in [3.63, 3.8) is 0 Å². The van der Waals surface area contributed by atoms with E-state index in [9.17, 15) is 0 Å². The largest absolute Gasteiger partial charge is 0.315 e. The van der Waals surface area contributed by atoms with Gasteiger partial charge in [0.1, 0.15) is 0 Å². The molecule has 1 aromatic rings. The van der Waals surface area contributed by atoms with Crippen molar-refractivity contribution in [1.82, 2.24) is 10.2 Å². The van der Waals surface area contributed by atoms with Crippen LogP contribution in [0.25, 0.3) is 0 Å². The molecule has 1 atom stereocenters. The normalized spacial score (nSPS) is 14.0. The third-order valence-corrected chi connectivity index (χ3v) is 3.18. The third kappa shape index (κ3) is 4.88. The molecular formula is C15H26N2. The molecular weight excluding hydrogens is 208 g/mol. The molecule has 96 valence electrons. The molecule has 1 N–H and O–H groups in total. The van der Waals surface area contributed by atoms with Gasteiger partial charge in [-0.25, -0.2) is 0 Å². The predicted octanol–water partition coefficient (Wildman–Crippen LogP) is 2.75. The van der Waals surface area contributed by atoms with Gasteiger partial charge < -0.3 is 10.2 Å². The van der Waals surface area contributed by atoms with Gasteiger partial charge in [0.25, 0.3) is 0 Å². The highest BCUT2D eigenvalue weighted by molar-refractivity contribution is 5.14. The number of likely N-dealkylation sites (N-methyl/N-ethyl adjacent to an activating group) is 2. The lowest BCUT2D eigenvalue weighted by atomic mass is 9.86. The van der Waals surface area contributed by atoms with Gasteiger partial charge in [0, 0.05) is 19.1 Å². The van der Waals surface area contributed by atoms with Gasteiger partial charge in [-0.3, -0.25) is 0 Å². The van der Waals surface area contributed by atoms with Gasteiger partial charge in [-0.1, -0.05) is 51.1 Å². The molecule has 0 aliphatic carbocycles. The Morgan fingerprint density at radius 1 is 1.18 bits per heavy atom. The van der Waals surface area contributed by atoms with Crippen LogP contribution in [-0.4, -0.2) is 31.6 Å². The molecule has 0 saturated carbocycles. The van der Waals surface area contributed by atoms with Gasteiger partial charge in [-0.15, -0.1) is 0 Å². The summed E-state index contributed by atoms with van der Waals surface area (Å²) in [6, 6.07) is 11.1. The summed E-state index contributed by atoms with van der Waals surface area (Å²) < 4.78 is 0. The molecule has 0 aliphatic heterocycles. The molecule has 0 heterocycles. The van der Waals surface area contributed by atoms with Crippen LogP contribution in [0.3, 0.4) is 0 Å². The SMILES string of the molecule is CNC(CN(C)Cc1ccccc1)C(C)(C)C. The number of rotatable bonds is 5. The standard InChI is InChI=1S/C15H26N2/c1-15(2,3)14(16-4)12-17(5)11-13-9-7-6-8-10-13/h6-10,14,16H,11-12H2,1-5H3. The monoisotopic (exact) mass is 234 g/mol. The summed E-state index contributed by atoms with van der Waals surface area (Å²) in [4.78, 5) is 2.38. The van der Waals surface area contributed by atoms with Crippen molar-refractivity contribution in [2.24, 2.45) is 5.41 Å². The van der Waals surface area contributed by atoms with E-state index >= 15 is 0 Å². The maximum absolute atomic E-state index is 3.42. The number of hydrogen-bond acceptors (Lipinski definition) is 2. The second-order valence-electron chi connectivity index (χ2n) is 5.89. The van der Waals surface area contributed by atoms with Gasteiger partial charge in [0.05, 0.1) is 0 Å². The third-order valence-electron chi connectivity index (χ3n) is 3.18. The minimum atomic E-state index is 0.291. The van der Waals surface area contributed by atoms with Crippen LogP contribution in [-0.2, 0) is 6.54 Å². The summed E-state index contributed by atoms with van der Waals surface area (Å²) in [6.07, 6.45) is 0. The van der Waals surface area contributed by atoms with Crippen LogP contribution < -0.4 is 5.32 Å². The molecule has 0 fully saturated rings. The van der Waals surface area contributed by atoms with Crippen molar-refractivity contribution in [1.29, 1.82) is 0 Å². The minimum Gasteiger partial charge on any atom is -0.315 e. The van der Waals surface area contributed by atoms with Crippen molar-refractivity contribution < 1.29 is 0 Å². The Labute approximate surface area is 106 Å². The first-order valence-corrected chi connectivity index (χ1v) is 6.33. The molecule has 0 aromatic heterocycles. The first-order chi connectivity index (χ1) is 7.93. The highest BCUT2D eigenvalue weighted by Gasteiger charge is 2.23. The molecule has 0 bridgehead atoms. The fourth-order valence-electron chi connectivity index (χ4n) is 2.07. The van der Waals surface area contributed by atoms with Gasteiger partial charge in [-0.05, 0) is 25.1 Å². The fourth-order valence-corrected chi connectivity index (χ4v) is 2.07. The van der Waals surface area contributed by atoms with Gasteiger partial charge in [0.15, 0.2) is 0 Å². The minimum absolute atomic E-state index is 0.291. The average Bonchev–Trinajstić information content (AvgIpc) is 2.25. The summed E-state index contributed by atoms with van der Waals surface area (Å²) in [5, 5.41) is 3.42. The summed E-state index contributed by atoms with van der Waals surface area (Å²) >= 11 is 0. The topological polar surface area (TPSA) is 15.3 Å². The molecule has 0 amide bonds. The maximum Gasteiger partial charge on any atom is 0.0240 e. The van der Waals surface area contributed by atoms with Crippen molar-refractivity contribution in [3.8, 4) is 0 Å². The van der Waals surface area contributed by atoms with Crippen molar-refractivity contribution in [3.05, 3.63) is 35.9 Å². The molecule has 1 rings (SSSR count). The van der Waals surface area contributed by atoms with Crippen LogP contribution in [0.15, 0.2) is 30.3 Å². The Kier molecular flexibility index (Phi) is 5.16. The fraction of sp³-hybridized carbons (Fsp3) is 0.600. The number of nitrogens with one attached hydrogen (secondary N) is 1. The first-order valence-electron chi connectivity index (χ1n) is 6.33. The van der Waals surface area contributed by atoms with Crippen LogP contribution in [0.4, 0.5) is 0 Å². The summed E-state index contributed by atoms with van der Waals surface area (Å²) in [6.45, 7) is 8.92. The molecule has 2 nitrogen and oxygen atoms in total. The van der Waals surface area contributed by atoms with E-state index in [-0.39, 0.29) is 0 Å². The quantitative estimate of drug-likeness (QED) is 0.843. The van der Waals surface area contributed by atoms with Crippen LogP contribution in [0.5, 0.6) is 0 Å². The van der Waals surface area contributed by atoms with Crippen LogP contribution >= 0.6 is 0 Å². The van der Waals surface area contributed by atoms with Gasteiger partial charge >= 0.3 is 0 Å². The van der Waals surface area contributed by atoms with E-state index < -0.39 is 0 Å². The zero-order valence-corrected chi connectivity index (χ0v) is 11.8. The summed E-state index contributed by atoms with van der Waals surface area (Å²) in [7, 11) is 4.23. The Morgan fingerprint density at radius 3 is 2.24 bits per heavy atom. The number of benzene rings is 1. The maximum atomic E-state index is 3.42. The predicted molar refractivity (Wildman–Crippen MR) is 75.1 cm³/mol. The molecule has 0 radical (unpaired) electrons. The molecule has 0 aliphatic rings. The number of nitrogens with zero attached hydrogens (tertiary/aromatic N) is 1. The van der Waals surface area contributed by atoms with E-state index in [1.807, 2.05) is 7.05 Å². The van der Waals surface area contributed by atoms with Gasteiger partial charge in [0.2, 0.25) is 0 Å². The van der Waals surface area contributed by atoms with E-state index in [0.717, 1.165) is 13.1 Å². The highest BCUT2D eigenvalue weighted by atomic mass is 15.1. The Morgan fingerprint density at radius 2 is 1.76 bits per heavy atom. The van der Waals surface area contributed by atoms with E-state index in [0.29, 0.717) is 11.5 Å². The van der Waals surface area contributed by atoms with E-state index in [1.165, 1.54) is 5.56 Å². The smallest absolute Gasteiger partial charge is 0.0240 e. The molecule has 17 heavy (non-hydrogen) atoms. The summed E-state index contributed by atoms with van der Waals surface area (Å²) in [5.41, 5.74) is 1.67. The first kappa shape index (κ1) is 14.2. The van der Waals surface area contributed by atoms with Crippen LogP contribution in [0.1, 0.15) is 26.3 Å². The zero-order valence-electron chi connectivity index (χ0n) is 11.8. The van der Waals surface area contributed by atoms with Crippen molar-refractivity contribution in [2.45, 2.75) is 33.4 Å². The second kappa shape index (κ2) is 6.18. The Hall–Kier alpha value is -0.860. The number of hydrogen-bond donors (Lipinski definition) is 1. The lowest BCUT2D eigenvalue weighted by Gasteiger charge is -2.33. The highest BCUT2D eigenvalue weighted by Crippen LogP contribution is 2.20. The van der Waals surface area contributed by atoms with Gasteiger partial charge in [-0.2, -0.15) is 0 Å². The average molecular weight is 234 g/mol.